The topological polar surface area (TPSA) is 69.4 Å². The maximum Gasteiger partial charge on any atom is 0.157 e. The van der Waals surface area contributed by atoms with E-state index in [1.807, 2.05) is 38.1 Å². The fraction of sp³-hybridized carbons (Fsp3) is 0.500. The third-order valence-electron chi connectivity index (χ3n) is 2.75. The van der Waals surface area contributed by atoms with E-state index in [9.17, 15) is 8.42 Å². The van der Waals surface area contributed by atoms with E-state index in [0.717, 1.165) is 5.56 Å². The molecule has 0 bridgehead atoms. The number of sulfone groups is 1. The first-order valence-electron chi connectivity index (χ1n) is 5.53. The summed E-state index contributed by atoms with van der Waals surface area (Å²) in [7, 11) is -2.86. The van der Waals surface area contributed by atoms with E-state index in [1.165, 1.54) is 0 Å². The first-order chi connectivity index (χ1) is 7.78. The van der Waals surface area contributed by atoms with E-state index in [1.54, 1.807) is 0 Å². The van der Waals surface area contributed by atoms with Crippen LogP contribution in [0.1, 0.15) is 19.4 Å². The average molecular weight is 255 g/mol. The summed E-state index contributed by atoms with van der Waals surface area (Å²) in [5, 5.41) is 0. The first kappa shape index (κ1) is 12.4. The van der Waals surface area contributed by atoms with Crippen molar-refractivity contribution in [2.45, 2.75) is 25.5 Å². The van der Waals surface area contributed by atoms with Crippen LogP contribution in [0.15, 0.2) is 24.3 Å². The Morgan fingerprint density at radius 2 is 1.88 bits per heavy atom. The Morgan fingerprint density at radius 3 is 2.41 bits per heavy atom. The summed E-state index contributed by atoms with van der Waals surface area (Å²) in [6.07, 6.45) is -0.233. The molecule has 0 saturated carbocycles. The van der Waals surface area contributed by atoms with Crippen LogP contribution in [0.25, 0.3) is 0 Å². The fourth-order valence-corrected chi connectivity index (χ4v) is 3.04. The highest BCUT2D eigenvalue weighted by Crippen LogP contribution is 2.29. The van der Waals surface area contributed by atoms with Crippen LogP contribution in [-0.4, -0.2) is 26.0 Å². The van der Waals surface area contributed by atoms with Gasteiger partial charge in [0.25, 0.3) is 0 Å². The van der Waals surface area contributed by atoms with Gasteiger partial charge < -0.3 is 10.5 Å². The van der Waals surface area contributed by atoms with Crippen LogP contribution in [0.3, 0.4) is 0 Å². The Labute approximate surface area is 102 Å². The molecule has 17 heavy (non-hydrogen) atoms. The molecular weight excluding hydrogens is 238 g/mol. The molecule has 0 radical (unpaired) electrons. The molecular formula is C12H17NO3S. The van der Waals surface area contributed by atoms with Gasteiger partial charge in [0.15, 0.2) is 9.84 Å². The fourth-order valence-electron chi connectivity index (χ4n) is 1.87. The molecule has 1 saturated heterocycles. The highest BCUT2D eigenvalue weighted by atomic mass is 32.2. The minimum absolute atomic E-state index is 0.104. The Bertz CT molecular complexity index is 505. The molecule has 2 rings (SSSR count). The van der Waals surface area contributed by atoms with E-state index in [0.29, 0.717) is 5.75 Å². The first-order valence-corrected chi connectivity index (χ1v) is 7.35. The van der Waals surface area contributed by atoms with Gasteiger partial charge in [-0.25, -0.2) is 8.42 Å². The predicted molar refractivity (Wildman–Crippen MR) is 66.7 cm³/mol. The van der Waals surface area contributed by atoms with Gasteiger partial charge in [0, 0.05) is 11.1 Å². The molecule has 0 unspecified atom stereocenters. The molecule has 0 aliphatic carbocycles. The summed E-state index contributed by atoms with van der Waals surface area (Å²) in [6.45, 7) is 3.79. The van der Waals surface area contributed by atoms with Gasteiger partial charge in [-0.15, -0.1) is 0 Å². The number of nitrogens with two attached hydrogens (primary N) is 1. The van der Waals surface area contributed by atoms with E-state index in [2.05, 4.69) is 0 Å². The van der Waals surface area contributed by atoms with Crippen molar-refractivity contribution in [2.24, 2.45) is 5.73 Å². The average Bonchev–Trinajstić information content (AvgIpc) is 2.14. The Kier molecular flexibility index (Phi) is 2.91. The van der Waals surface area contributed by atoms with E-state index < -0.39 is 15.4 Å². The van der Waals surface area contributed by atoms with Crippen molar-refractivity contribution in [3.05, 3.63) is 29.8 Å². The number of benzene rings is 1. The second kappa shape index (κ2) is 3.99. The summed E-state index contributed by atoms with van der Waals surface area (Å²) >= 11 is 0. The molecule has 1 aliphatic heterocycles. The molecule has 94 valence electrons. The van der Waals surface area contributed by atoms with Crippen LogP contribution in [-0.2, 0) is 15.4 Å². The second-order valence-electron chi connectivity index (χ2n) is 5.03. The smallest absolute Gasteiger partial charge is 0.157 e. The van der Waals surface area contributed by atoms with Crippen LogP contribution in [0.4, 0.5) is 0 Å². The quantitative estimate of drug-likeness (QED) is 0.876. The zero-order valence-electron chi connectivity index (χ0n) is 10.0. The molecule has 5 heteroatoms. The van der Waals surface area contributed by atoms with Gasteiger partial charge in [0.05, 0.1) is 11.5 Å². The van der Waals surface area contributed by atoms with Crippen molar-refractivity contribution in [3.8, 4) is 5.75 Å². The molecule has 1 heterocycles. The molecule has 2 N–H and O–H groups in total. The molecule has 1 aromatic rings. The van der Waals surface area contributed by atoms with Gasteiger partial charge >= 0.3 is 0 Å². The van der Waals surface area contributed by atoms with Crippen LogP contribution >= 0.6 is 0 Å². The Hall–Kier alpha value is -1.07. The van der Waals surface area contributed by atoms with Crippen molar-refractivity contribution < 1.29 is 13.2 Å². The van der Waals surface area contributed by atoms with Crippen molar-refractivity contribution in [2.75, 3.05) is 11.5 Å². The molecule has 1 fully saturated rings. The summed E-state index contributed by atoms with van der Waals surface area (Å²) in [4.78, 5) is 0. The van der Waals surface area contributed by atoms with E-state index in [-0.39, 0.29) is 17.6 Å². The zero-order chi connectivity index (χ0) is 12.7. The molecule has 1 aromatic carbocycles. The monoisotopic (exact) mass is 255 g/mol. The van der Waals surface area contributed by atoms with E-state index in [4.69, 9.17) is 10.5 Å². The standard InChI is InChI=1S/C12H17NO3S/c1-12(2,13)10-5-3-4-6-11(10)16-9-7-17(14,15)8-9/h3-6,9H,7-8,13H2,1-2H3. The summed E-state index contributed by atoms with van der Waals surface area (Å²) in [5.74, 6) is 0.887. The van der Waals surface area contributed by atoms with Crippen molar-refractivity contribution in [3.63, 3.8) is 0 Å². The molecule has 0 spiro atoms. The SMILES string of the molecule is CC(C)(N)c1ccccc1OC1CS(=O)(=O)C1. The molecule has 4 nitrogen and oxygen atoms in total. The second-order valence-corrected chi connectivity index (χ2v) is 7.19. The van der Waals surface area contributed by atoms with Gasteiger partial charge in [0.2, 0.25) is 0 Å². The third kappa shape index (κ3) is 2.79. The Balaban J connectivity index is 2.17. The Morgan fingerprint density at radius 1 is 1.29 bits per heavy atom. The van der Waals surface area contributed by atoms with Crippen molar-refractivity contribution in [1.82, 2.24) is 0 Å². The lowest BCUT2D eigenvalue weighted by molar-refractivity contribution is 0.224. The zero-order valence-corrected chi connectivity index (χ0v) is 10.8. The lowest BCUT2D eigenvalue weighted by Crippen LogP contribution is -2.45. The minimum atomic E-state index is -2.86. The number of hydrogen-bond acceptors (Lipinski definition) is 4. The minimum Gasteiger partial charge on any atom is -0.488 e. The predicted octanol–water partition coefficient (Wildman–Crippen LogP) is 1.06. The largest absolute Gasteiger partial charge is 0.488 e. The number of hydrogen-bond donors (Lipinski definition) is 1. The molecule has 1 aliphatic rings. The molecule has 0 amide bonds. The van der Waals surface area contributed by atoms with Gasteiger partial charge in [-0.05, 0) is 19.9 Å². The highest BCUT2D eigenvalue weighted by Gasteiger charge is 2.36. The lowest BCUT2D eigenvalue weighted by atomic mass is 9.95. The lowest BCUT2D eigenvalue weighted by Gasteiger charge is -2.30. The van der Waals surface area contributed by atoms with Crippen molar-refractivity contribution >= 4 is 9.84 Å². The maximum atomic E-state index is 11.1. The van der Waals surface area contributed by atoms with Crippen LogP contribution in [0.5, 0.6) is 5.75 Å². The van der Waals surface area contributed by atoms with Gasteiger partial charge in [-0.3, -0.25) is 0 Å². The van der Waals surface area contributed by atoms with E-state index >= 15 is 0 Å². The maximum absolute atomic E-state index is 11.1. The van der Waals surface area contributed by atoms with Gasteiger partial charge in [-0.1, -0.05) is 18.2 Å². The van der Waals surface area contributed by atoms with Gasteiger partial charge in [0.1, 0.15) is 11.9 Å². The highest BCUT2D eigenvalue weighted by molar-refractivity contribution is 7.92. The van der Waals surface area contributed by atoms with Crippen molar-refractivity contribution in [1.29, 1.82) is 0 Å². The summed E-state index contributed by atoms with van der Waals surface area (Å²) < 4.78 is 27.8. The normalized spacial score (nSPS) is 19.7. The van der Waals surface area contributed by atoms with Crippen LogP contribution in [0.2, 0.25) is 0 Å². The van der Waals surface area contributed by atoms with Gasteiger partial charge in [-0.2, -0.15) is 0 Å². The molecule has 0 atom stereocenters. The van der Waals surface area contributed by atoms with Crippen LogP contribution < -0.4 is 10.5 Å². The number of rotatable bonds is 3. The summed E-state index contributed by atoms with van der Waals surface area (Å²) in [6, 6.07) is 7.49. The molecule has 0 aromatic heterocycles. The number of para-hydroxylation sites is 1. The van der Waals surface area contributed by atoms with Crippen LogP contribution in [0, 0.1) is 0 Å². The third-order valence-corrected chi connectivity index (χ3v) is 4.51. The number of ether oxygens (including phenoxy) is 1. The summed E-state index contributed by atoms with van der Waals surface area (Å²) in [5.41, 5.74) is 6.44.